The summed E-state index contributed by atoms with van der Waals surface area (Å²) < 4.78 is 0. The van der Waals surface area contributed by atoms with Gasteiger partial charge in [-0.3, -0.25) is 4.98 Å². The summed E-state index contributed by atoms with van der Waals surface area (Å²) in [5.74, 6) is 1.83. The van der Waals surface area contributed by atoms with Crippen molar-refractivity contribution in [3.63, 3.8) is 0 Å². The normalized spacial score (nSPS) is 10.2. The van der Waals surface area contributed by atoms with Crippen LogP contribution in [0.4, 0.5) is 11.6 Å². The molecule has 1 heterocycles. The van der Waals surface area contributed by atoms with Gasteiger partial charge in [-0.1, -0.05) is 13.8 Å². The predicted octanol–water partition coefficient (Wildman–Crippen LogP) is 2.53. The first kappa shape index (κ1) is 12.7. The third-order valence-electron chi connectivity index (χ3n) is 2.29. The number of hydrogen-bond donors (Lipinski definition) is 1. The molecule has 0 atom stereocenters. The second-order valence-corrected chi connectivity index (χ2v) is 3.78. The minimum atomic E-state index is 0.859. The van der Waals surface area contributed by atoms with Gasteiger partial charge >= 0.3 is 0 Å². The summed E-state index contributed by atoms with van der Waals surface area (Å²) in [5.41, 5.74) is 0. The molecular weight excluding hydrogens is 200 g/mol. The highest BCUT2D eigenvalue weighted by atomic mass is 15.2. The Morgan fingerprint density at radius 1 is 1.12 bits per heavy atom. The summed E-state index contributed by atoms with van der Waals surface area (Å²) in [7, 11) is 0. The minimum absolute atomic E-state index is 0.859. The first-order chi connectivity index (χ1) is 7.81. The summed E-state index contributed by atoms with van der Waals surface area (Å²) in [6.07, 6.45) is 5.87. The maximum absolute atomic E-state index is 4.55. The molecule has 4 heteroatoms. The van der Waals surface area contributed by atoms with E-state index in [0.29, 0.717) is 0 Å². The van der Waals surface area contributed by atoms with Crippen molar-refractivity contribution in [3.8, 4) is 0 Å². The molecule has 0 fully saturated rings. The average Bonchev–Trinajstić information content (AvgIpc) is 2.30. The molecule has 4 nitrogen and oxygen atoms in total. The molecule has 0 bridgehead atoms. The van der Waals surface area contributed by atoms with Gasteiger partial charge in [0.2, 0.25) is 0 Å². The fourth-order valence-corrected chi connectivity index (χ4v) is 1.66. The summed E-state index contributed by atoms with van der Waals surface area (Å²) in [4.78, 5) is 11.1. The highest BCUT2D eigenvalue weighted by Crippen LogP contribution is 2.13. The van der Waals surface area contributed by atoms with Crippen LogP contribution in [0.5, 0.6) is 0 Å². The SMILES string of the molecule is CCCN(CCC)c1cncc(NCC)n1. The lowest BCUT2D eigenvalue weighted by molar-refractivity contribution is 0.732. The summed E-state index contributed by atoms with van der Waals surface area (Å²) in [6, 6.07) is 0. The van der Waals surface area contributed by atoms with Crippen molar-refractivity contribution in [1.82, 2.24) is 9.97 Å². The van der Waals surface area contributed by atoms with Crippen LogP contribution in [0.25, 0.3) is 0 Å². The quantitative estimate of drug-likeness (QED) is 0.769. The lowest BCUT2D eigenvalue weighted by Gasteiger charge is -2.22. The Morgan fingerprint density at radius 2 is 1.81 bits per heavy atom. The van der Waals surface area contributed by atoms with E-state index in [9.17, 15) is 0 Å². The Kier molecular flexibility index (Phi) is 5.61. The monoisotopic (exact) mass is 222 g/mol. The molecule has 0 aliphatic rings. The molecule has 1 rings (SSSR count). The van der Waals surface area contributed by atoms with Gasteiger partial charge in [-0.15, -0.1) is 0 Å². The number of hydrogen-bond acceptors (Lipinski definition) is 4. The summed E-state index contributed by atoms with van der Waals surface area (Å²) in [6.45, 7) is 9.38. The van der Waals surface area contributed by atoms with E-state index in [4.69, 9.17) is 0 Å². The fourth-order valence-electron chi connectivity index (χ4n) is 1.66. The predicted molar refractivity (Wildman–Crippen MR) is 69.0 cm³/mol. The van der Waals surface area contributed by atoms with Crippen molar-refractivity contribution >= 4 is 11.6 Å². The van der Waals surface area contributed by atoms with E-state index in [2.05, 4.69) is 41.0 Å². The van der Waals surface area contributed by atoms with E-state index in [-0.39, 0.29) is 0 Å². The first-order valence-corrected chi connectivity index (χ1v) is 6.12. The molecule has 0 saturated carbocycles. The van der Waals surface area contributed by atoms with Crippen molar-refractivity contribution < 1.29 is 0 Å². The van der Waals surface area contributed by atoms with Crippen LogP contribution in [0.15, 0.2) is 12.4 Å². The van der Waals surface area contributed by atoms with Crippen molar-refractivity contribution in [3.05, 3.63) is 12.4 Å². The van der Waals surface area contributed by atoms with E-state index >= 15 is 0 Å². The van der Waals surface area contributed by atoms with Gasteiger partial charge in [0.05, 0.1) is 12.4 Å². The third kappa shape index (κ3) is 3.68. The lowest BCUT2D eigenvalue weighted by atomic mass is 10.3. The van der Waals surface area contributed by atoms with Crippen LogP contribution in [0.2, 0.25) is 0 Å². The minimum Gasteiger partial charge on any atom is -0.369 e. The lowest BCUT2D eigenvalue weighted by Crippen LogP contribution is -2.26. The van der Waals surface area contributed by atoms with Crippen LogP contribution in [0, 0.1) is 0 Å². The molecule has 0 aromatic carbocycles. The van der Waals surface area contributed by atoms with Gasteiger partial charge in [0, 0.05) is 19.6 Å². The Labute approximate surface area is 98.1 Å². The smallest absolute Gasteiger partial charge is 0.149 e. The first-order valence-electron chi connectivity index (χ1n) is 6.12. The molecule has 0 saturated heterocycles. The zero-order valence-corrected chi connectivity index (χ0v) is 10.5. The van der Waals surface area contributed by atoms with Crippen LogP contribution >= 0.6 is 0 Å². The zero-order valence-electron chi connectivity index (χ0n) is 10.5. The van der Waals surface area contributed by atoms with Gasteiger partial charge in [-0.05, 0) is 19.8 Å². The average molecular weight is 222 g/mol. The van der Waals surface area contributed by atoms with E-state index in [1.807, 2.05) is 6.20 Å². The van der Waals surface area contributed by atoms with Crippen molar-refractivity contribution in [2.24, 2.45) is 0 Å². The summed E-state index contributed by atoms with van der Waals surface area (Å²) >= 11 is 0. The Morgan fingerprint density at radius 3 is 2.38 bits per heavy atom. The molecule has 90 valence electrons. The second kappa shape index (κ2) is 7.04. The van der Waals surface area contributed by atoms with Crippen LogP contribution in [0.1, 0.15) is 33.6 Å². The van der Waals surface area contributed by atoms with Gasteiger partial charge in [0.1, 0.15) is 11.6 Å². The highest BCUT2D eigenvalue weighted by Gasteiger charge is 2.06. The van der Waals surface area contributed by atoms with Crippen LogP contribution in [0.3, 0.4) is 0 Å². The van der Waals surface area contributed by atoms with E-state index < -0.39 is 0 Å². The van der Waals surface area contributed by atoms with Gasteiger partial charge in [0.15, 0.2) is 0 Å². The standard InChI is InChI=1S/C12H22N4/c1-4-7-16(8-5-2)12-10-13-9-11(15-12)14-6-3/h9-10H,4-8H2,1-3H3,(H,14,15). The second-order valence-electron chi connectivity index (χ2n) is 3.78. The van der Waals surface area contributed by atoms with E-state index in [1.54, 1.807) is 6.20 Å². The van der Waals surface area contributed by atoms with Crippen molar-refractivity contribution in [2.75, 3.05) is 29.9 Å². The largest absolute Gasteiger partial charge is 0.369 e. The van der Waals surface area contributed by atoms with Gasteiger partial charge < -0.3 is 10.2 Å². The number of rotatable bonds is 7. The molecule has 0 radical (unpaired) electrons. The van der Waals surface area contributed by atoms with Gasteiger partial charge in [-0.25, -0.2) is 4.98 Å². The van der Waals surface area contributed by atoms with Crippen LogP contribution in [-0.2, 0) is 0 Å². The zero-order chi connectivity index (χ0) is 11.8. The number of nitrogens with one attached hydrogen (secondary N) is 1. The molecule has 1 aromatic heterocycles. The molecule has 0 aliphatic heterocycles. The molecular formula is C12H22N4. The molecule has 0 amide bonds. The number of nitrogens with zero attached hydrogens (tertiary/aromatic N) is 3. The van der Waals surface area contributed by atoms with Crippen LogP contribution in [-0.4, -0.2) is 29.6 Å². The van der Waals surface area contributed by atoms with Crippen LogP contribution < -0.4 is 10.2 Å². The Hall–Kier alpha value is -1.32. The molecule has 0 unspecified atom stereocenters. The fraction of sp³-hybridized carbons (Fsp3) is 0.667. The third-order valence-corrected chi connectivity index (χ3v) is 2.29. The van der Waals surface area contributed by atoms with Gasteiger partial charge in [-0.2, -0.15) is 0 Å². The Balaban J connectivity index is 2.77. The van der Waals surface area contributed by atoms with E-state index in [0.717, 1.165) is 44.1 Å². The topological polar surface area (TPSA) is 41.1 Å². The van der Waals surface area contributed by atoms with Crippen molar-refractivity contribution in [1.29, 1.82) is 0 Å². The summed E-state index contributed by atoms with van der Waals surface area (Å²) in [5, 5.41) is 3.19. The molecule has 0 aliphatic carbocycles. The van der Waals surface area contributed by atoms with E-state index in [1.165, 1.54) is 0 Å². The van der Waals surface area contributed by atoms with Gasteiger partial charge in [0.25, 0.3) is 0 Å². The molecule has 0 spiro atoms. The maximum Gasteiger partial charge on any atom is 0.149 e. The van der Waals surface area contributed by atoms with Crippen molar-refractivity contribution in [2.45, 2.75) is 33.6 Å². The molecule has 16 heavy (non-hydrogen) atoms. The number of anilines is 2. The molecule has 1 N–H and O–H groups in total. The Bertz CT molecular complexity index is 295. The highest BCUT2D eigenvalue weighted by molar-refractivity contribution is 5.43. The molecule has 1 aromatic rings. The maximum atomic E-state index is 4.55. The number of aromatic nitrogens is 2.